The van der Waals surface area contributed by atoms with Crippen LogP contribution in [0.2, 0.25) is 0 Å². The van der Waals surface area contributed by atoms with Gasteiger partial charge in [-0.2, -0.15) is 0 Å². The molecule has 6 nitrogen and oxygen atoms in total. The fourth-order valence-corrected chi connectivity index (χ4v) is 3.12. The molecule has 2 saturated heterocycles. The van der Waals surface area contributed by atoms with Gasteiger partial charge in [0.1, 0.15) is 0 Å². The van der Waals surface area contributed by atoms with Crippen LogP contribution in [-0.2, 0) is 16.1 Å². The van der Waals surface area contributed by atoms with Crippen LogP contribution in [0.4, 0.5) is 0 Å². The van der Waals surface area contributed by atoms with E-state index < -0.39 is 0 Å². The third kappa shape index (κ3) is 4.24. The van der Waals surface area contributed by atoms with Gasteiger partial charge in [0.25, 0.3) is 0 Å². The molecule has 6 heteroatoms. The second kappa shape index (κ2) is 8.44. The lowest BCUT2D eigenvalue weighted by Crippen LogP contribution is -2.57. The molecular weight excluding hydrogens is 306 g/mol. The number of hydrogen-bond acceptors (Lipinski definition) is 5. The standard InChI is InChI=1S/C18H27N3O3/c1-2-3-8-24-18-14(5-4-7-19-18)10-20-17(22)15-11-21(12-15)16-6-9-23-13-16/h4-5,7,15-16H,2-3,6,8-13H2,1H3,(H,20,22). The molecule has 1 N–H and O–H groups in total. The number of likely N-dealkylation sites (tertiary alicyclic amines) is 1. The minimum atomic E-state index is 0.0896. The lowest BCUT2D eigenvalue weighted by atomic mass is 9.96. The molecule has 24 heavy (non-hydrogen) atoms. The van der Waals surface area contributed by atoms with Gasteiger partial charge in [-0.05, 0) is 18.9 Å². The number of aromatic nitrogens is 1. The maximum absolute atomic E-state index is 12.3. The molecule has 3 rings (SSSR count). The highest BCUT2D eigenvalue weighted by Gasteiger charge is 2.37. The van der Waals surface area contributed by atoms with Gasteiger partial charge in [-0.15, -0.1) is 0 Å². The molecule has 1 atom stereocenters. The number of unbranched alkanes of at least 4 members (excludes halogenated alkanes) is 1. The second-order valence-electron chi connectivity index (χ2n) is 6.56. The topological polar surface area (TPSA) is 63.7 Å². The van der Waals surface area contributed by atoms with E-state index >= 15 is 0 Å². The highest BCUT2D eigenvalue weighted by Crippen LogP contribution is 2.23. The maximum Gasteiger partial charge on any atom is 0.225 e. The first kappa shape index (κ1) is 17.2. The first-order valence-electron chi connectivity index (χ1n) is 8.94. The molecule has 0 aliphatic carbocycles. The molecule has 1 amide bonds. The Hall–Kier alpha value is -1.66. The van der Waals surface area contributed by atoms with E-state index in [1.807, 2.05) is 12.1 Å². The third-order valence-corrected chi connectivity index (χ3v) is 4.74. The normalized spacial score (nSPS) is 21.5. The molecule has 132 valence electrons. The highest BCUT2D eigenvalue weighted by molar-refractivity contribution is 5.80. The third-order valence-electron chi connectivity index (χ3n) is 4.74. The number of hydrogen-bond donors (Lipinski definition) is 1. The van der Waals surface area contributed by atoms with E-state index in [4.69, 9.17) is 9.47 Å². The van der Waals surface area contributed by atoms with E-state index in [0.717, 1.165) is 51.1 Å². The Bertz CT molecular complexity index is 540. The lowest BCUT2D eigenvalue weighted by molar-refractivity contribution is -0.131. The van der Waals surface area contributed by atoms with E-state index in [2.05, 4.69) is 22.1 Å². The SMILES string of the molecule is CCCCOc1ncccc1CNC(=O)C1CN(C2CCOC2)C1. The van der Waals surface area contributed by atoms with E-state index in [-0.39, 0.29) is 11.8 Å². The predicted molar refractivity (Wildman–Crippen MR) is 90.8 cm³/mol. The molecule has 2 aliphatic heterocycles. The van der Waals surface area contributed by atoms with Crippen LogP contribution in [0.1, 0.15) is 31.7 Å². The molecule has 1 unspecified atom stereocenters. The molecular formula is C18H27N3O3. The monoisotopic (exact) mass is 333 g/mol. The van der Waals surface area contributed by atoms with Crippen molar-refractivity contribution in [1.29, 1.82) is 0 Å². The number of ether oxygens (including phenoxy) is 2. The summed E-state index contributed by atoms with van der Waals surface area (Å²) in [5.41, 5.74) is 0.933. The van der Waals surface area contributed by atoms with Crippen LogP contribution in [0.5, 0.6) is 5.88 Å². The lowest BCUT2D eigenvalue weighted by Gasteiger charge is -2.41. The van der Waals surface area contributed by atoms with Crippen molar-refractivity contribution in [2.75, 3.05) is 32.9 Å². The van der Waals surface area contributed by atoms with Gasteiger partial charge in [-0.25, -0.2) is 4.98 Å². The zero-order valence-corrected chi connectivity index (χ0v) is 14.4. The molecule has 2 fully saturated rings. The van der Waals surface area contributed by atoms with Crippen LogP contribution in [0.25, 0.3) is 0 Å². The zero-order chi connectivity index (χ0) is 16.8. The van der Waals surface area contributed by atoms with Gasteiger partial charge in [0.15, 0.2) is 0 Å². The number of nitrogens with one attached hydrogen (secondary N) is 1. The summed E-state index contributed by atoms with van der Waals surface area (Å²) in [5, 5.41) is 3.03. The van der Waals surface area contributed by atoms with E-state index in [9.17, 15) is 4.79 Å². The average Bonchev–Trinajstić information content (AvgIpc) is 3.07. The minimum absolute atomic E-state index is 0.0896. The van der Waals surface area contributed by atoms with Gasteiger partial charge in [0, 0.05) is 44.0 Å². The van der Waals surface area contributed by atoms with Gasteiger partial charge < -0.3 is 14.8 Å². The highest BCUT2D eigenvalue weighted by atomic mass is 16.5. The van der Waals surface area contributed by atoms with Gasteiger partial charge in [-0.3, -0.25) is 9.69 Å². The van der Waals surface area contributed by atoms with Crippen molar-refractivity contribution < 1.29 is 14.3 Å². The van der Waals surface area contributed by atoms with Crippen molar-refractivity contribution in [2.24, 2.45) is 5.92 Å². The summed E-state index contributed by atoms with van der Waals surface area (Å²) in [5.74, 6) is 0.838. The molecule has 2 aliphatic rings. The first-order chi connectivity index (χ1) is 11.8. The zero-order valence-electron chi connectivity index (χ0n) is 14.4. The quantitative estimate of drug-likeness (QED) is 0.732. The molecule has 0 radical (unpaired) electrons. The van der Waals surface area contributed by atoms with Crippen LogP contribution in [0.15, 0.2) is 18.3 Å². The Balaban J connectivity index is 1.43. The predicted octanol–water partition coefficient (Wildman–Crippen LogP) is 1.60. The summed E-state index contributed by atoms with van der Waals surface area (Å²) in [6, 6.07) is 4.34. The second-order valence-corrected chi connectivity index (χ2v) is 6.56. The molecule has 1 aromatic heterocycles. The van der Waals surface area contributed by atoms with Crippen molar-refractivity contribution in [1.82, 2.24) is 15.2 Å². The van der Waals surface area contributed by atoms with Crippen LogP contribution in [0, 0.1) is 5.92 Å². The molecule has 0 bridgehead atoms. The van der Waals surface area contributed by atoms with Crippen LogP contribution < -0.4 is 10.1 Å². The summed E-state index contributed by atoms with van der Waals surface area (Å²) in [6.07, 6.45) is 4.90. The molecule has 0 aromatic carbocycles. The van der Waals surface area contributed by atoms with Crippen LogP contribution >= 0.6 is 0 Å². The van der Waals surface area contributed by atoms with Gasteiger partial charge in [0.2, 0.25) is 11.8 Å². The molecule has 0 spiro atoms. The maximum atomic E-state index is 12.3. The summed E-state index contributed by atoms with van der Waals surface area (Å²) in [7, 11) is 0. The van der Waals surface area contributed by atoms with Crippen LogP contribution in [-0.4, -0.2) is 54.7 Å². The smallest absolute Gasteiger partial charge is 0.225 e. The average molecular weight is 333 g/mol. The van der Waals surface area contributed by atoms with Gasteiger partial charge >= 0.3 is 0 Å². The van der Waals surface area contributed by atoms with Gasteiger partial charge in [-0.1, -0.05) is 19.4 Å². The Kier molecular flexibility index (Phi) is 6.04. The number of amides is 1. The number of nitrogens with zero attached hydrogens (tertiary/aromatic N) is 2. The Labute approximate surface area is 143 Å². The fourth-order valence-electron chi connectivity index (χ4n) is 3.12. The minimum Gasteiger partial charge on any atom is -0.477 e. The number of rotatable bonds is 8. The summed E-state index contributed by atoms with van der Waals surface area (Å²) >= 11 is 0. The Morgan fingerprint density at radius 2 is 2.38 bits per heavy atom. The number of carbonyl (C=O) groups excluding carboxylic acids is 1. The fraction of sp³-hybridized carbons (Fsp3) is 0.667. The summed E-state index contributed by atoms with van der Waals surface area (Å²) < 4.78 is 11.1. The van der Waals surface area contributed by atoms with Crippen LogP contribution in [0.3, 0.4) is 0 Å². The summed E-state index contributed by atoms with van der Waals surface area (Å²) in [4.78, 5) is 18.9. The molecule has 0 saturated carbocycles. The van der Waals surface area contributed by atoms with E-state index in [0.29, 0.717) is 25.1 Å². The Morgan fingerprint density at radius 1 is 1.50 bits per heavy atom. The number of pyridine rings is 1. The van der Waals surface area contributed by atoms with Crippen molar-refractivity contribution in [3.8, 4) is 5.88 Å². The van der Waals surface area contributed by atoms with Crippen molar-refractivity contribution >= 4 is 5.91 Å². The largest absolute Gasteiger partial charge is 0.477 e. The van der Waals surface area contributed by atoms with E-state index in [1.54, 1.807) is 6.20 Å². The Morgan fingerprint density at radius 3 is 3.12 bits per heavy atom. The van der Waals surface area contributed by atoms with Gasteiger partial charge in [0.05, 0.1) is 19.1 Å². The first-order valence-corrected chi connectivity index (χ1v) is 8.94. The van der Waals surface area contributed by atoms with Crippen molar-refractivity contribution in [3.63, 3.8) is 0 Å². The summed E-state index contributed by atoms with van der Waals surface area (Å²) in [6.45, 7) is 6.59. The van der Waals surface area contributed by atoms with E-state index in [1.165, 1.54) is 0 Å². The van der Waals surface area contributed by atoms with Crippen molar-refractivity contribution in [3.05, 3.63) is 23.9 Å². The number of carbonyl (C=O) groups is 1. The van der Waals surface area contributed by atoms with Crippen molar-refractivity contribution in [2.45, 2.75) is 38.8 Å². The molecule has 1 aromatic rings. The molecule has 3 heterocycles.